The van der Waals surface area contributed by atoms with E-state index in [2.05, 4.69) is 9.98 Å². The molecule has 0 saturated carbocycles. The van der Waals surface area contributed by atoms with Crippen LogP contribution in [0.15, 0.2) is 40.0 Å². The number of fused-ring (bicyclic) bond motifs is 2. The van der Waals surface area contributed by atoms with Crippen LogP contribution in [0.25, 0.3) is 5.57 Å². The maximum Gasteiger partial charge on any atom is 0.337 e. The van der Waals surface area contributed by atoms with Crippen molar-refractivity contribution < 1.29 is 9.90 Å². The quantitative estimate of drug-likeness (QED) is 0.719. The van der Waals surface area contributed by atoms with Gasteiger partial charge in [0.1, 0.15) is 0 Å². The first-order chi connectivity index (χ1) is 7.77. The number of aromatic carboxylic acids is 1. The molecule has 2 aliphatic rings. The van der Waals surface area contributed by atoms with Gasteiger partial charge in [-0.05, 0) is 12.1 Å². The minimum absolute atomic E-state index is 0.250. The third kappa shape index (κ3) is 1.13. The molecule has 4 nitrogen and oxygen atoms in total. The highest BCUT2D eigenvalue weighted by molar-refractivity contribution is 5.89. The Labute approximate surface area is 91.0 Å². The topological polar surface area (TPSA) is 62.0 Å². The molecule has 2 aliphatic heterocycles. The standard InChI is InChI=1S/C12H8N2O2/c15-12(16)8-3-1-2-7-9-6-13-5-4-10(9)14-11(7)8/h1-5H,6H2,(H,15,16). The minimum atomic E-state index is -0.943. The predicted octanol–water partition coefficient (Wildman–Crippen LogP) is 0.137. The van der Waals surface area contributed by atoms with Crippen molar-refractivity contribution in [2.45, 2.75) is 0 Å². The number of allylic oxidation sites excluding steroid dienone is 1. The van der Waals surface area contributed by atoms with Crippen LogP contribution in [0.3, 0.4) is 0 Å². The zero-order chi connectivity index (χ0) is 11.1. The first kappa shape index (κ1) is 9.03. The molecule has 0 spiro atoms. The summed E-state index contributed by atoms with van der Waals surface area (Å²) in [6.07, 6.45) is 3.51. The largest absolute Gasteiger partial charge is 0.478 e. The van der Waals surface area contributed by atoms with E-state index < -0.39 is 5.97 Å². The molecule has 1 aromatic rings. The Morgan fingerprint density at radius 2 is 2.25 bits per heavy atom. The van der Waals surface area contributed by atoms with Gasteiger partial charge in [0.2, 0.25) is 0 Å². The van der Waals surface area contributed by atoms with Crippen molar-refractivity contribution >= 4 is 17.8 Å². The van der Waals surface area contributed by atoms with Gasteiger partial charge in [0, 0.05) is 17.0 Å². The SMILES string of the molecule is O=C(O)c1cccc2c1=NC1=CC=NCC=21. The summed E-state index contributed by atoms with van der Waals surface area (Å²) in [4.78, 5) is 19.5. The van der Waals surface area contributed by atoms with Crippen LogP contribution >= 0.6 is 0 Å². The maximum absolute atomic E-state index is 11.0. The van der Waals surface area contributed by atoms with Gasteiger partial charge in [-0.1, -0.05) is 12.1 Å². The normalized spacial score (nSPS) is 16.2. The van der Waals surface area contributed by atoms with Gasteiger partial charge in [-0.2, -0.15) is 0 Å². The number of nitrogens with zero attached hydrogens (tertiary/aromatic N) is 2. The second kappa shape index (κ2) is 3.13. The first-order valence-corrected chi connectivity index (χ1v) is 4.92. The number of rotatable bonds is 1. The van der Waals surface area contributed by atoms with Crippen molar-refractivity contribution in [3.63, 3.8) is 0 Å². The van der Waals surface area contributed by atoms with Crippen LogP contribution in [0, 0.1) is 0 Å². The summed E-state index contributed by atoms with van der Waals surface area (Å²) in [6, 6.07) is 5.21. The zero-order valence-corrected chi connectivity index (χ0v) is 8.34. The summed E-state index contributed by atoms with van der Waals surface area (Å²) >= 11 is 0. The van der Waals surface area contributed by atoms with Gasteiger partial charge in [-0.15, -0.1) is 0 Å². The molecule has 0 saturated heterocycles. The number of aliphatic imine (C=N–C) groups is 1. The highest BCUT2D eigenvalue weighted by Crippen LogP contribution is 2.16. The summed E-state index contributed by atoms with van der Waals surface area (Å²) in [5, 5.41) is 10.5. The highest BCUT2D eigenvalue weighted by Gasteiger charge is 2.17. The third-order valence-corrected chi connectivity index (χ3v) is 2.72. The molecule has 0 radical (unpaired) electrons. The lowest BCUT2D eigenvalue weighted by Crippen LogP contribution is -2.29. The first-order valence-electron chi connectivity index (χ1n) is 4.92. The molecule has 78 valence electrons. The van der Waals surface area contributed by atoms with Crippen molar-refractivity contribution in [1.82, 2.24) is 0 Å². The number of carboxylic acid groups (broad SMARTS) is 1. The van der Waals surface area contributed by atoms with Crippen molar-refractivity contribution in [1.29, 1.82) is 0 Å². The number of para-hydroxylation sites is 1. The van der Waals surface area contributed by atoms with E-state index in [4.69, 9.17) is 5.11 Å². The number of hydrogen-bond donors (Lipinski definition) is 1. The van der Waals surface area contributed by atoms with E-state index in [1.807, 2.05) is 12.1 Å². The van der Waals surface area contributed by atoms with Gasteiger partial charge in [0.05, 0.1) is 23.2 Å². The molecule has 0 amide bonds. The molecular weight excluding hydrogens is 204 g/mol. The summed E-state index contributed by atoms with van der Waals surface area (Å²) in [5.41, 5.74) is 2.10. The van der Waals surface area contributed by atoms with Gasteiger partial charge in [-0.3, -0.25) is 4.99 Å². The summed E-state index contributed by atoms with van der Waals surface area (Å²) in [7, 11) is 0. The Balaban J connectivity index is 2.42. The molecule has 1 N–H and O–H groups in total. The van der Waals surface area contributed by atoms with Crippen molar-refractivity contribution in [2.24, 2.45) is 9.98 Å². The second-order valence-corrected chi connectivity index (χ2v) is 3.64. The number of hydrogen-bond acceptors (Lipinski definition) is 3. The van der Waals surface area contributed by atoms with E-state index >= 15 is 0 Å². The third-order valence-electron chi connectivity index (χ3n) is 2.72. The highest BCUT2D eigenvalue weighted by atomic mass is 16.4. The van der Waals surface area contributed by atoms with Gasteiger partial charge in [0.25, 0.3) is 0 Å². The number of carboxylic acids is 1. The molecule has 0 unspecified atom stereocenters. The van der Waals surface area contributed by atoms with Crippen LogP contribution in [0.4, 0.5) is 0 Å². The Morgan fingerprint density at radius 3 is 3.06 bits per heavy atom. The molecule has 1 aromatic carbocycles. The number of dihydropyridines is 1. The second-order valence-electron chi connectivity index (χ2n) is 3.64. The molecule has 16 heavy (non-hydrogen) atoms. The summed E-state index contributed by atoms with van der Waals surface area (Å²) < 4.78 is 0. The smallest absolute Gasteiger partial charge is 0.337 e. The van der Waals surface area contributed by atoms with Crippen molar-refractivity contribution in [2.75, 3.05) is 6.54 Å². The lowest BCUT2D eigenvalue weighted by Gasteiger charge is -2.02. The van der Waals surface area contributed by atoms with Crippen LogP contribution in [0.5, 0.6) is 0 Å². The van der Waals surface area contributed by atoms with E-state index in [-0.39, 0.29) is 5.56 Å². The fourth-order valence-electron chi connectivity index (χ4n) is 1.98. The van der Waals surface area contributed by atoms with E-state index in [1.54, 1.807) is 18.3 Å². The van der Waals surface area contributed by atoms with E-state index in [0.29, 0.717) is 11.9 Å². The van der Waals surface area contributed by atoms with Crippen LogP contribution in [0.1, 0.15) is 10.4 Å². The minimum Gasteiger partial charge on any atom is -0.478 e. The van der Waals surface area contributed by atoms with Crippen LogP contribution in [0.2, 0.25) is 0 Å². The average molecular weight is 212 g/mol. The molecule has 0 bridgehead atoms. The summed E-state index contributed by atoms with van der Waals surface area (Å²) in [5.74, 6) is -0.943. The number of carbonyl (C=O) groups is 1. The van der Waals surface area contributed by atoms with E-state index in [9.17, 15) is 4.79 Å². The Morgan fingerprint density at radius 1 is 1.38 bits per heavy atom. The monoisotopic (exact) mass is 212 g/mol. The predicted molar refractivity (Wildman–Crippen MR) is 59.0 cm³/mol. The average Bonchev–Trinajstić information content (AvgIpc) is 2.67. The van der Waals surface area contributed by atoms with Gasteiger partial charge >= 0.3 is 5.97 Å². The van der Waals surface area contributed by atoms with Gasteiger partial charge < -0.3 is 5.11 Å². The molecule has 0 fully saturated rings. The van der Waals surface area contributed by atoms with Crippen molar-refractivity contribution in [3.05, 3.63) is 46.1 Å². The van der Waals surface area contributed by atoms with Crippen LogP contribution in [-0.2, 0) is 0 Å². The Hall–Kier alpha value is -2.23. The molecule has 0 aromatic heterocycles. The number of benzene rings is 1. The molecule has 0 aliphatic carbocycles. The summed E-state index contributed by atoms with van der Waals surface area (Å²) in [6.45, 7) is 0.575. The molecule has 2 heterocycles. The molecule has 4 heteroatoms. The van der Waals surface area contributed by atoms with Gasteiger partial charge in [-0.25, -0.2) is 9.79 Å². The lowest BCUT2D eigenvalue weighted by atomic mass is 10.1. The fraction of sp³-hybridized carbons (Fsp3) is 0.0833. The van der Waals surface area contributed by atoms with Crippen LogP contribution < -0.4 is 10.6 Å². The molecule has 3 rings (SSSR count). The maximum atomic E-state index is 11.0. The van der Waals surface area contributed by atoms with Crippen molar-refractivity contribution in [3.8, 4) is 0 Å². The molecule has 0 atom stereocenters. The fourth-order valence-corrected chi connectivity index (χ4v) is 1.98. The van der Waals surface area contributed by atoms with Crippen LogP contribution in [-0.4, -0.2) is 23.8 Å². The Bertz CT molecular complexity index is 669. The van der Waals surface area contributed by atoms with E-state index in [1.165, 1.54) is 0 Å². The molecular formula is C12H8N2O2. The zero-order valence-electron chi connectivity index (χ0n) is 8.34. The van der Waals surface area contributed by atoms with Gasteiger partial charge in [0.15, 0.2) is 0 Å². The lowest BCUT2D eigenvalue weighted by molar-refractivity contribution is 0.0695. The van der Waals surface area contributed by atoms with E-state index in [0.717, 1.165) is 16.5 Å². The Kier molecular flexibility index (Phi) is 1.77.